The van der Waals surface area contributed by atoms with Gasteiger partial charge in [-0.2, -0.15) is 10.4 Å². The van der Waals surface area contributed by atoms with Crippen molar-refractivity contribution in [2.45, 2.75) is 56.5 Å². The van der Waals surface area contributed by atoms with Crippen LogP contribution >= 0.6 is 0 Å². The van der Waals surface area contributed by atoms with Gasteiger partial charge in [0.05, 0.1) is 18.7 Å². The van der Waals surface area contributed by atoms with E-state index in [0.717, 1.165) is 12.8 Å². The SMILES string of the molecule is CCCCC(=O)Nc1ncnn2c([C@]3(C#N)O[C@H](CO)[C@@H](OC(=O)Cc4ccccc4)[C@H]3O)ccc12. The third-order valence-corrected chi connectivity index (χ3v) is 6.08. The number of aliphatic hydroxyl groups excluding tert-OH is 2. The molecule has 0 radical (unpaired) electrons. The molecule has 3 heterocycles. The Morgan fingerprint density at radius 3 is 2.75 bits per heavy atom. The van der Waals surface area contributed by atoms with Crippen LogP contribution in [0.5, 0.6) is 0 Å². The zero-order valence-corrected chi connectivity index (χ0v) is 19.7. The highest BCUT2D eigenvalue weighted by Gasteiger charge is 2.59. The van der Waals surface area contributed by atoms with E-state index in [-0.39, 0.29) is 23.8 Å². The third kappa shape index (κ3) is 4.79. The van der Waals surface area contributed by atoms with E-state index in [1.165, 1.54) is 16.9 Å². The number of aromatic nitrogens is 3. The zero-order chi connectivity index (χ0) is 25.7. The normalized spacial score (nSPS) is 23.3. The third-order valence-electron chi connectivity index (χ3n) is 6.08. The van der Waals surface area contributed by atoms with Crippen molar-refractivity contribution in [2.24, 2.45) is 0 Å². The largest absolute Gasteiger partial charge is 0.456 e. The Labute approximate surface area is 207 Å². The van der Waals surface area contributed by atoms with Gasteiger partial charge in [0.15, 0.2) is 11.9 Å². The van der Waals surface area contributed by atoms with E-state index in [2.05, 4.69) is 15.4 Å². The average molecular weight is 494 g/mol. The summed E-state index contributed by atoms with van der Waals surface area (Å²) in [5.74, 6) is -0.610. The van der Waals surface area contributed by atoms with Gasteiger partial charge in [0.1, 0.15) is 30.1 Å². The van der Waals surface area contributed by atoms with Crippen LogP contribution < -0.4 is 5.32 Å². The molecule has 1 amide bonds. The summed E-state index contributed by atoms with van der Waals surface area (Å²) in [6.07, 6.45) is -1.00. The molecule has 1 aliphatic rings. The van der Waals surface area contributed by atoms with Gasteiger partial charge in [0, 0.05) is 6.42 Å². The molecule has 11 nitrogen and oxygen atoms in total. The first-order valence-electron chi connectivity index (χ1n) is 11.7. The summed E-state index contributed by atoms with van der Waals surface area (Å²) in [4.78, 5) is 28.9. The molecule has 188 valence electrons. The number of nitrogens with zero attached hydrogens (tertiary/aromatic N) is 4. The summed E-state index contributed by atoms with van der Waals surface area (Å²) < 4.78 is 12.7. The summed E-state index contributed by atoms with van der Waals surface area (Å²) in [5.41, 5.74) is -0.771. The van der Waals surface area contributed by atoms with Crippen molar-refractivity contribution >= 4 is 23.2 Å². The molecule has 11 heteroatoms. The number of amides is 1. The number of esters is 1. The van der Waals surface area contributed by atoms with Crippen LogP contribution in [0.3, 0.4) is 0 Å². The molecule has 1 saturated heterocycles. The minimum atomic E-state index is -2.00. The minimum Gasteiger partial charge on any atom is -0.456 e. The maximum Gasteiger partial charge on any atom is 0.310 e. The van der Waals surface area contributed by atoms with Crippen molar-refractivity contribution < 1.29 is 29.3 Å². The molecule has 4 atom stereocenters. The second-order valence-corrected chi connectivity index (χ2v) is 8.52. The van der Waals surface area contributed by atoms with Gasteiger partial charge in [-0.1, -0.05) is 43.7 Å². The Morgan fingerprint density at radius 2 is 2.06 bits per heavy atom. The minimum absolute atomic E-state index is 0.0515. The maximum atomic E-state index is 12.6. The number of unbranched alkanes of at least 4 members (excludes halogenated alkanes) is 1. The van der Waals surface area contributed by atoms with E-state index in [4.69, 9.17) is 9.47 Å². The van der Waals surface area contributed by atoms with Crippen molar-refractivity contribution in [3.8, 4) is 6.07 Å². The molecule has 4 rings (SSSR count). The summed E-state index contributed by atoms with van der Waals surface area (Å²) in [6, 6.07) is 14.0. The number of benzene rings is 1. The Hall–Kier alpha value is -3.85. The van der Waals surface area contributed by atoms with Gasteiger partial charge in [0.25, 0.3) is 0 Å². The summed E-state index contributed by atoms with van der Waals surface area (Å²) in [5, 5.41) is 38.2. The summed E-state index contributed by atoms with van der Waals surface area (Å²) >= 11 is 0. The van der Waals surface area contributed by atoms with Crippen molar-refractivity contribution in [1.29, 1.82) is 5.26 Å². The second kappa shape index (κ2) is 10.8. The van der Waals surface area contributed by atoms with Crippen LogP contribution in [0.4, 0.5) is 5.82 Å². The molecule has 3 N–H and O–H groups in total. The monoisotopic (exact) mass is 493 g/mol. The van der Waals surface area contributed by atoms with Gasteiger partial charge in [-0.05, 0) is 24.1 Å². The van der Waals surface area contributed by atoms with Gasteiger partial charge in [-0.3, -0.25) is 9.59 Å². The topological polar surface area (TPSA) is 159 Å². The van der Waals surface area contributed by atoms with Crippen molar-refractivity contribution in [3.63, 3.8) is 0 Å². The summed E-state index contributed by atoms with van der Waals surface area (Å²) in [6.45, 7) is 1.39. The first-order valence-corrected chi connectivity index (χ1v) is 11.7. The molecular formula is C25H27N5O6. The fraction of sp³-hybridized carbons (Fsp3) is 0.400. The van der Waals surface area contributed by atoms with Crippen molar-refractivity contribution in [3.05, 3.63) is 60.0 Å². The zero-order valence-electron chi connectivity index (χ0n) is 19.7. The Morgan fingerprint density at radius 1 is 1.28 bits per heavy atom. The maximum absolute atomic E-state index is 12.6. The number of hydrogen-bond acceptors (Lipinski definition) is 9. The van der Waals surface area contributed by atoms with Gasteiger partial charge in [0.2, 0.25) is 11.5 Å². The quantitative estimate of drug-likeness (QED) is 0.375. The molecular weight excluding hydrogens is 466 g/mol. The Kier molecular flexibility index (Phi) is 7.59. The smallest absolute Gasteiger partial charge is 0.310 e. The fourth-order valence-corrected chi connectivity index (χ4v) is 4.25. The van der Waals surface area contributed by atoms with Crippen molar-refractivity contribution in [1.82, 2.24) is 14.6 Å². The van der Waals surface area contributed by atoms with E-state index < -0.39 is 36.5 Å². The van der Waals surface area contributed by atoms with E-state index >= 15 is 0 Å². The number of carbonyl (C=O) groups excluding carboxylic acids is 2. The first-order chi connectivity index (χ1) is 17.4. The average Bonchev–Trinajstić information content (AvgIpc) is 3.44. The van der Waals surface area contributed by atoms with E-state index in [1.807, 2.05) is 19.1 Å². The standard InChI is InChI=1S/C25H27N5O6/c1-2-3-9-20(32)29-24-17-10-11-19(30(17)28-15-27-24)25(14-26)23(34)22(18(13-31)36-25)35-21(33)12-16-7-5-4-6-8-16/h4-8,10-11,15,18,22-23,31,34H,2-3,9,12-13H2,1H3,(H,27,28,29,32)/t18-,22-,23-,25+/m1/s1. The van der Waals surface area contributed by atoms with Crippen LogP contribution in [-0.2, 0) is 31.1 Å². The number of carbonyl (C=O) groups is 2. The molecule has 0 bridgehead atoms. The lowest BCUT2D eigenvalue weighted by molar-refractivity contribution is -0.155. The Bertz CT molecular complexity index is 1270. The molecule has 3 aromatic rings. The molecule has 1 fully saturated rings. The first kappa shape index (κ1) is 25.2. The lowest BCUT2D eigenvalue weighted by atomic mass is 9.92. The lowest BCUT2D eigenvalue weighted by Crippen LogP contribution is -2.43. The van der Waals surface area contributed by atoms with Crippen LogP contribution in [0.25, 0.3) is 5.52 Å². The van der Waals surface area contributed by atoms with Crippen LogP contribution in [0.1, 0.15) is 37.4 Å². The highest BCUT2D eigenvalue weighted by molar-refractivity contribution is 5.93. The predicted molar refractivity (Wildman–Crippen MR) is 126 cm³/mol. The number of ether oxygens (including phenoxy) is 2. The molecule has 0 unspecified atom stereocenters. The predicted octanol–water partition coefficient (Wildman–Crippen LogP) is 1.48. The van der Waals surface area contributed by atoms with E-state index in [0.29, 0.717) is 17.5 Å². The molecule has 1 aromatic carbocycles. The molecule has 0 aliphatic carbocycles. The molecule has 2 aromatic heterocycles. The van der Waals surface area contributed by atoms with Crippen molar-refractivity contribution in [2.75, 3.05) is 11.9 Å². The van der Waals surface area contributed by atoms with Crippen LogP contribution in [0, 0.1) is 11.3 Å². The molecule has 1 aliphatic heterocycles. The van der Waals surface area contributed by atoms with Gasteiger partial charge in [-0.15, -0.1) is 0 Å². The number of nitriles is 1. The van der Waals surface area contributed by atoms with Crippen LogP contribution in [-0.4, -0.2) is 61.6 Å². The second-order valence-electron chi connectivity index (χ2n) is 8.52. The number of rotatable bonds is 9. The van der Waals surface area contributed by atoms with Gasteiger partial charge < -0.3 is 25.0 Å². The summed E-state index contributed by atoms with van der Waals surface area (Å²) in [7, 11) is 0. The number of aliphatic hydroxyl groups is 2. The van der Waals surface area contributed by atoms with Gasteiger partial charge in [-0.25, -0.2) is 9.50 Å². The lowest BCUT2D eigenvalue weighted by Gasteiger charge is -2.24. The number of fused-ring (bicyclic) bond motifs is 1. The number of nitrogens with one attached hydrogen (secondary N) is 1. The highest BCUT2D eigenvalue weighted by atomic mass is 16.6. The highest BCUT2D eigenvalue weighted by Crippen LogP contribution is 2.41. The van der Waals surface area contributed by atoms with Crippen LogP contribution in [0.15, 0.2) is 48.8 Å². The number of anilines is 1. The van der Waals surface area contributed by atoms with Crippen LogP contribution in [0.2, 0.25) is 0 Å². The fourth-order valence-electron chi connectivity index (χ4n) is 4.25. The molecule has 0 spiro atoms. The molecule has 0 saturated carbocycles. The Balaban J connectivity index is 1.62. The van der Waals surface area contributed by atoms with E-state index in [9.17, 15) is 25.1 Å². The molecule has 36 heavy (non-hydrogen) atoms. The van der Waals surface area contributed by atoms with E-state index in [1.54, 1.807) is 30.3 Å². The van der Waals surface area contributed by atoms with Gasteiger partial charge >= 0.3 is 5.97 Å². The number of hydrogen-bond donors (Lipinski definition) is 3.